The number of nitrogens with zero attached hydrogens (tertiary/aromatic N) is 1. The van der Waals surface area contributed by atoms with E-state index in [0.29, 0.717) is 24.2 Å². The third kappa shape index (κ3) is 2.90. The Morgan fingerprint density at radius 1 is 1.16 bits per heavy atom. The van der Waals surface area contributed by atoms with Gasteiger partial charge in [0.15, 0.2) is 5.11 Å². The second-order valence-corrected chi connectivity index (χ2v) is 4.75. The number of unbranched alkanes of at least 4 members (excludes halogenated alkanes) is 1. The highest BCUT2D eigenvalue weighted by atomic mass is 32.1. The Hall–Kier alpha value is -1.95. The molecule has 1 aromatic carbocycles. The average Bonchev–Trinajstić information content (AvgIpc) is 2.63. The van der Waals surface area contributed by atoms with Crippen LogP contribution in [-0.4, -0.2) is 34.9 Å². The summed E-state index contributed by atoms with van der Waals surface area (Å²) >= 11 is 4.69. The number of thiocarbonyl (C=S) groups is 1. The van der Waals surface area contributed by atoms with Gasteiger partial charge in [0.25, 0.3) is 11.8 Å². The molecule has 3 N–H and O–H groups in total. The summed E-state index contributed by atoms with van der Waals surface area (Å²) < 4.78 is 0. The highest BCUT2D eigenvalue weighted by molar-refractivity contribution is 7.80. The fourth-order valence-corrected chi connectivity index (χ4v) is 2.15. The molecule has 0 atom stereocenters. The Labute approximate surface area is 116 Å². The number of hydrogen-bond donors (Lipinski definition) is 2. The van der Waals surface area contributed by atoms with E-state index in [1.54, 1.807) is 24.3 Å². The van der Waals surface area contributed by atoms with Gasteiger partial charge in [0.05, 0.1) is 11.1 Å². The number of fused-ring (bicyclic) bond motifs is 1. The summed E-state index contributed by atoms with van der Waals surface area (Å²) in [5.74, 6) is -0.411. The molecule has 0 radical (unpaired) electrons. The van der Waals surface area contributed by atoms with Crippen LogP contribution in [0.25, 0.3) is 0 Å². The Morgan fingerprint density at radius 2 is 1.74 bits per heavy atom. The van der Waals surface area contributed by atoms with E-state index < -0.39 is 0 Å². The molecule has 0 aliphatic carbocycles. The lowest BCUT2D eigenvalue weighted by atomic mass is 10.1. The molecular weight excluding hydrogens is 262 g/mol. The molecule has 5 nitrogen and oxygen atoms in total. The Kier molecular flexibility index (Phi) is 4.11. The Bertz CT molecular complexity index is 495. The van der Waals surface area contributed by atoms with E-state index >= 15 is 0 Å². The number of rotatable bonds is 5. The van der Waals surface area contributed by atoms with Crippen molar-refractivity contribution in [1.29, 1.82) is 0 Å². The number of benzene rings is 1. The van der Waals surface area contributed by atoms with Crippen LogP contribution in [0.4, 0.5) is 0 Å². The molecule has 1 aliphatic rings. The van der Waals surface area contributed by atoms with Crippen LogP contribution in [0.2, 0.25) is 0 Å². The highest BCUT2D eigenvalue weighted by Crippen LogP contribution is 2.22. The van der Waals surface area contributed by atoms with E-state index in [0.717, 1.165) is 12.8 Å². The lowest BCUT2D eigenvalue weighted by Crippen LogP contribution is -2.32. The lowest BCUT2D eigenvalue weighted by Gasteiger charge is -2.13. The van der Waals surface area contributed by atoms with E-state index in [-0.39, 0.29) is 16.9 Å². The van der Waals surface area contributed by atoms with Crippen molar-refractivity contribution in [3.8, 4) is 0 Å². The summed E-state index contributed by atoms with van der Waals surface area (Å²) in [7, 11) is 0. The van der Waals surface area contributed by atoms with Crippen LogP contribution in [0, 0.1) is 0 Å². The first-order valence-corrected chi connectivity index (χ1v) is 6.50. The third-order valence-electron chi connectivity index (χ3n) is 2.99. The van der Waals surface area contributed by atoms with E-state index in [1.165, 1.54) is 4.90 Å². The first kappa shape index (κ1) is 13.5. The number of carbonyl (C=O) groups is 2. The second kappa shape index (κ2) is 5.79. The van der Waals surface area contributed by atoms with Gasteiger partial charge in [0, 0.05) is 13.1 Å². The van der Waals surface area contributed by atoms with Crippen LogP contribution >= 0.6 is 12.2 Å². The molecule has 0 spiro atoms. The van der Waals surface area contributed by atoms with Crippen molar-refractivity contribution >= 4 is 29.1 Å². The number of carbonyl (C=O) groups excluding carboxylic acids is 2. The topological polar surface area (TPSA) is 75.4 Å². The summed E-state index contributed by atoms with van der Waals surface area (Å²) in [6.45, 7) is 1.07. The van der Waals surface area contributed by atoms with Gasteiger partial charge in [-0.3, -0.25) is 14.5 Å². The van der Waals surface area contributed by atoms with Gasteiger partial charge in [-0.05, 0) is 37.2 Å². The molecule has 6 heteroatoms. The molecule has 2 amide bonds. The minimum absolute atomic E-state index is 0.206. The largest absolute Gasteiger partial charge is 0.376 e. The number of amides is 2. The van der Waals surface area contributed by atoms with Crippen LogP contribution in [0.15, 0.2) is 24.3 Å². The molecule has 100 valence electrons. The van der Waals surface area contributed by atoms with E-state index in [1.807, 2.05) is 0 Å². The van der Waals surface area contributed by atoms with Crippen molar-refractivity contribution in [2.75, 3.05) is 13.1 Å². The minimum Gasteiger partial charge on any atom is -0.376 e. The van der Waals surface area contributed by atoms with Crippen LogP contribution in [0.3, 0.4) is 0 Å². The highest BCUT2D eigenvalue weighted by Gasteiger charge is 2.34. The second-order valence-electron chi connectivity index (χ2n) is 4.31. The number of imide groups is 1. The van der Waals surface area contributed by atoms with Crippen molar-refractivity contribution in [3.05, 3.63) is 35.4 Å². The summed E-state index contributed by atoms with van der Waals surface area (Å²) in [6, 6.07) is 6.90. The van der Waals surface area contributed by atoms with Crippen LogP contribution in [0.1, 0.15) is 33.6 Å². The van der Waals surface area contributed by atoms with Gasteiger partial charge < -0.3 is 11.1 Å². The Balaban J connectivity index is 1.88. The molecule has 2 rings (SSSR count). The first-order chi connectivity index (χ1) is 9.11. The zero-order valence-electron chi connectivity index (χ0n) is 10.4. The van der Waals surface area contributed by atoms with Crippen molar-refractivity contribution < 1.29 is 9.59 Å². The van der Waals surface area contributed by atoms with E-state index in [4.69, 9.17) is 5.73 Å². The summed E-state index contributed by atoms with van der Waals surface area (Å²) in [4.78, 5) is 25.4. The molecule has 1 aliphatic heterocycles. The summed E-state index contributed by atoms with van der Waals surface area (Å²) in [5, 5.41) is 3.10. The molecule has 0 saturated carbocycles. The fraction of sp³-hybridized carbons (Fsp3) is 0.308. The van der Waals surface area contributed by atoms with Crippen LogP contribution in [0.5, 0.6) is 0 Å². The lowest BCUT2D eigenvalue weighted by molar-refractivity contribution is 0.0652. The molecule has 0 fully saturated rings. The quantitative estimate of drug-likeness (QED) is 0.475. The monoisotopic (exact) mass is 277 g/mol. The van der Waals surface area contributed by atoms with Crippen molar-refractivity contribution in [1.82, 2.24) is 10.2 Å². The van der Waals surface area contributed by atoms with Gasteiger partial charge in [0.1, 0.15) is 0 Å². The molecule has 1 aromatic rings. The first-order valence-electron chi connectivity index (χ1n) is 6.10. The summed E-state index contributed by atoms with van der Waals surface area (Å²) in [5.41, 5.74) is 6.29. The average molecular weight is 277 g/mol. The van der Waals surface area contributed by atoms with Crippen molar-refractivity contribution in [2.24, 2.45) is 5.73 Å². The van der Waals surface area contributed by atoms with Gasteiger partial charge in [0.2, 0.25) is 0 Å². The molecule has 19 heavy (non-hydrogen) atoms. The van der Waals surface area contributed by atoms with Crippen LogP contribution < -0.4 is 11.1 Å². The van der Waals surface area contributed by atoms with E-state index in [9.17, 15) is 9.59 Å². The standard InChI is InChI=1S/C13H15N3O2S/c14-13(19)15-7-3-4-8-16-11(17)9-5-1-2-6-10(9)12(16)18/h1-2,5-6H,3-4,7-8H2,(H3,14,15,19). The summed E-state index contributed by atoms with van der Waals surface area (Å²) in [6.07, 6.45) is 1.52. The van der Waals surface area contributed by atoms with Crippen molar-refractivity contribution in [2.45, 2.75) is 12.8 Å². The minimum atomic E-state index is -0.206. The normalized spacial score (nSPS) is 13.6. The maximum Gasteiger partial charge on any atom is 0.261 e. The number of hydrogen-bond acceptors (Lipinski definition) is 3. The number of nitrogens with one attached hydrogen (secondary N) is 1. The van der Waals surface area contributed by atoms with Gasteiger partial charge >= 0.3 is 0 Å². The predicted molar refractivity (Wildman–Crippen MR) is 75.8 cm³/mol. The molecule has 0 bridgehead atoms. The van der Waals surface area contributed by atoms with Gasteiger partial charge in [-0.25, -0.2) is 0 Å². The van der Waals surface area contributed by atoms with Gasteiger partial charge in [-0.1, -0.05) is 12.1 Å². The Morgan fingerprint density at radius 3 is 2.26 bits per heavy atom. The molecule has 0 saturated heterocycles. The SMILES string of the molecule is NC(=S)NCCCCN1C(=O)c2ccccc2C1=O. The molecule has 0 unspecified atom stereocenters. The van der Waals surface area contributed by atoms with E-state index in [2.05, 4.69) is 17.5 Å². The fourth-order valence-electron chi connectivity index (χ4n) is 2.05. The molecule has 1 heterocycles. The predicted octanol–water partition coefficient (Wildman–Crippen LogP) is 0.896. The zero-order chi connectivity index (χ0) is 13.8. The van der Waals surface area contributed by atoms with Crippen LogP contribution in [-0.2, 0) is 0 Å². The maximum absolute atomic E-state index is 12.0. The number of nitrogens with two attached hydrogens (primary N) is 1. The zero-order valence-corrected chi connectivity index (χ0v) is 11.2. The van der Waals surface area contributed by atoms with Gasteiger partial charge in [-0.15, -0.1) is 0 Å². The van der Waals surface area contributed by atoms with Gasteiger partial charge in [-0.2, -0.15) is 0 Å². The molecular formula is C13H15N3O2S. The third-order valence-corrected chi connectivity index (χ3v) is 3.13. The van der Waals surface area contributed by atoms with Crippen molar-refractivity contribution in [3.63, 3.8) is 0 Å². The smallest absolute Gasteiger partial charge is 0.261 e. The maximum atomic E-state index is 12.0. The molecule has 0 aromatic heterocycles.